The summed E-state index contributed by atoms with van der Waals surface area (Å²) in [5.41, 5.74) is 4.75. The zero-order valence-corrected chi connectivity index (χ0v) is 21.2. The molecule has 2 aromatic carbocycles. The zero-order chi connectivity index (χ0) is 24.4. The molecular formula is C28H32N4O2S. The van der Waals surface area contributed by atoms with Crippen LogP contribution in [0.25, 0.3) is 22.2 Å². The van der Waals surface area contributed by atoms with Gasteiger partial charge in [-0.3, -0.25) is 0 Å². The topological polar surface area (TPSA) is 71.2 Å². The summed E-state index contributed by atoms with van der Waals surface area (Å²) >= 11 is 5.38. The van der Waals surface area contributed by atoms with Crippen LogP contribution in [0.1, 0.15) is 57.6 Å². The molecule has 0 atom stereocenters. The van der Waals surface area contributed by atoms with Gasteiger partial charge in [0.15, 0.2) is 5.11 Å². The van der Waals surface area contributed by atoms with Crippen molar-refractivity contribution in [1.82, 2.24) is 9.88 Å². The molecule has 0 unspecified atom stereocenters. The first-order valence-electron chi connectivity index (χ1n) is 12.5. The third-order valence-electron chi connectivity index (χ3n) is 6.83. The van der Waals surface area contributed by atoms with Gasteiger partial charge in [0.05, 0.1) is 30.0 Å². The van der Waals surface area contributed by atoms with Gasteiger partial charge < -0.3 is 24.7 Å². The first-order chi connectivity index (χ1) is 17.0. The molecule has 6 nitrogen and oxygen atoms in total. The highest BCUT2D eigenvalue weighted by Crippen LogP contribution is 2.43. The zero-order valence-electron chi connectivity index (χ0n) is 20.3. The Hall–Kier alpha value is -3.08. The minimum atomic E-state index is 0.180. The molecule has 182 valence electrons. The van der Waals surface area contributed by atoms with Gasteiger partial charge >= 0.3 is 0 Å². The number of aromatic nitrogens is 1. The molecule has 5 rings (SSSR count). The van der Waals surface area contributed by atoms with Gasteiger partial charge in [-0.15, -0.1) is 0 Å². The summed E-state index contributed by atoms with van der Waals surface area (Å²) in [6.45, 7) is 5.61. The maximum absolute atomic E-state index is 10.2. The number of fused-ring (bicyclic) bond motifs is 1. The van der Waals surface area contributed by atoms with E-state index in [2.05, 4.69) is 53.3 Å². The van der Waals surface area contributed by atoms with Crippen LogP contribution in [0.4, 0.5) is 5.69 Å². The summed E-state index contributed by atoms with van der Waals surface area (Å²) in [6.07, 6.45) is 5.47. The Morgan fingerprint density at radius 3 is 2.49 bits per heavy atom. The lowest BCUT2D eigenvalue weighted by Crippen LogP contribution is -2.33. The number of nitrogens with zero attached hydrogens (tertiary/aromatic N) is 2. The predicted molar refractivity (Wildman–Crippen MR) is 144 cm³/mol. The normalized spacial score (nSPS) is 16.6. The van der Waals surface area contributed by atoms with Crippen LogP contribution in [0.15, 0.2) is 42.5 Å². The van der Waals surface area contributed by atoms with Crippen LogP contribution in [0, 0.1) is 11.3 Å². The maximum atomic E-state index is 10.2. The van der Waals surface area contributed by atoms with E-state index in [9.17, 15) is 5.26 Å². The van der Waals surface area contributed by atoms with Crippen LogP contribution >= 0.6 is 12.2 Å². The van der Waals surface area contributed by atoms with Crippen LogP contribution < -0.4 is 15.4 Å². The largest absolute Gasteiger partial charge is 0.490 e. The minimum Gasteiger partial charge on any atom is -0.490 e. The molecule has 0 spiro atoms. The summed E-state index contributed by atoms with van der Waals surface area (Å²) in [4.78, 5) is 0. The quantitative estimate of drug-likeness (QED) is 0.405. The molecule has 1 saturated carbocycles. The lowest BCUT2D eigenvalue weighted by atomic mass is 9.92. The SMILES string of the molecule is CC(C)NC(=S)Nc1ccc(-c2c(C#N)c3ccc(OC4CCOCC4)cc3n2C2CCC2)cc1. The summed E-state index contributed by atoms with van der Waals surface area (Å²) in [5.74, 6) is 0.865. The number of thiocarbonyl (C=S) groups is 1. The van der Waals surface area contributed by atoms with Gasteiger partial charge in [-0.1, -0.05) is 12.1 Å². The molecule has 2 N–H and O–H groups in total. The van der Waals surface area contributed by atoms with Gasteiger partial charge in [-0.05, 0) is 75.2 Å². The highest BCUT2D eigenvalue weighted by molar-refractivity contribution is 7.80. The van der Waals surface area contributed by atoms with Crippen LogP contribution in [-0.4, -0.2) is 35.0 Å². The number of ether oxygens (including phenoxy) is 2. The molecule has 1 aliphatic heterocycles. The number of nitrogens with one attached hydrogen (secondary N) is 2. The molecule has 3 aromatic rings. The molecule has 1 aromatic heterocycles. The van der Waals surface area contributed by atoms with Crippen molar-refractivity contribution in [3.8, 4) is 23.1 Å². The van der Waals surface area contributed by atoms with Crippen LogP contribution in [0.3, 0.4) is 0 Å². The molecule has 2 aliphatic rings. The van der Waals surface area contributed by atoms with Crippen molar-refractivity contribution in [2.45, 2.75) is 64.1 Å². The smallest absolute Gasteiger partial charge is 0.170 e. The molecule has 1 aliphatic carbocycles. The first kappa shape index (κ1) is 23.7. The van der Waals surface area contributed by atoms with Gasteiger partial charge in [-0.2, -0.15) is 5.26 Å². The lowest BCUT2D eigenvalue weighted by molar-refractivity contribution is 0.0256. The van der Waals surface area contributed by atoms with E-state index >= 15 is 0 Å². The third-order valence-corrected chi connectivity index (χ3v) is 7.05. The lowest BCUT2D eigenvalue weighted by Gasteiger charge is -2.30. The van der Waals surface area contributed by atoms with Crippen LogP contribution in [-0.2, 0) is 4.74 Å². The number of nitriles is 1. The van der Waals surface area contributed by atoms with E-state index in [1.807, 2.05) is 24.3 Å². The molecule has 0 bridgehead atoms. The van der Waals surface area contributed by atoms with Crippen molar-refractivity contribution in [3.63, 3.8) is 0 Å². The van der Waals surface area contributed by atoms with E-state index in [0.717, 1.165) is 78.1 Å². The van der Waals surface area contributed by atoms with E-state index in [1.165, 1.54) is 6.42 Å². The fourth-order valence-electron chi connectivity index (χ4n) is 4.91. The van der Waals surface area contributed by atoms with Gasteiger partial charge in [-0.25, -0.2) is 0 Å². The van der Waals surface area contributed by atoms with Gasteiger partial charge in [0, 0.05) is 42.1 Å². The fraction of sp³-hybridized carbons (Fsp3) is 0.429. The maximum Gasteiger partial charge on any atom is 0.170 e. The Morgan fingerprint density at radius 2 is 1.86 bits per heavy atom. The van der Waals surface area contributed by atoms with Crippen molar-refractivity contribution in [3.05, 3.63) is 48.0 Å². The van der Waals surface area contributed by atoms with Gasteiger partial charge in [0.2, 0.25) is 0 Å². The average molecular weight is 489 g/mol. The Kier molecular flexibility index (Phi) is 6.94. The molecule has 1 saturated heterocycles. The Balaban J connectivity index is 1.51. The molecule has 35 heavy (non-hydrogen) atoms. The number of anilines is 1. The number of benzene rings is 2. The second-order valence-corrected chi connectivity index (χ2v) is 10.1. The Bertz CT molecular complexity index is 1250. The monoisotopic (exact) mass is 488 g/mol. The number of hydrogen-bond acceptors (Lipinski definition) is 4. The second kappa shape index (κ2) is 10.3. The number of hydrogen-bond donors (Lipinski definition) is 2. The van der Waals surface area contributed by atoms with Crippen LogP contribution in [0.5, 0.6) is 5.75 Å². The standard InChI is InChI=1S/C28H32N4O2S/c1-18(2)30-28(35)31-20-8-6-19(7-9-20)27-25(17-29)24-11-10-23(34-22-12-14-33-15-13-22)16-26(24)32(27)21-4-3-5-21/h6-11,16,18,21-22H,3-5,12-15H2,1-2H3,(H2,30,31,35). The molecule has 0 radical (unpaired) electrons. The number of rotatable bonds is 6. The van der Waals surface area contributed by atoms with Crippen LogP contribution in [0.2, 0.25) is 0 Å². The van der Waals surface area contributed by atoms with E-state index in [4.69, 9.17) is 21.7 Å². The molecule has 2 fully saturated rings. The van der Waals surface area contributed by atoms with E-state index in [0.29, 0.717) is 11.2 Å². The van der Waals surface area contributed by atoms with Crippen molar-refractivity contribution in [1.29, 1.82) is 5.26 Å². The fourth-order valence-corrected chi connectivity index (χ4v) is 5.27. The van der Waals surface area contributed by atoms with Crippen molar-refractivity contribution in [2.75, 3.05) is 18.5 Å². The third kappa shape index (κ3) is 5.00. The van der Waals surface area contributed by atoms with E-state index < -0.39 is 0 Å². The summed E-state index contributed by atoms with van der Waals surface area (Å²) in [6, 6.07) is 17.5. The molecular weight excluding hydrogens is 456 g/mol. The van der Waals surface area contributed by atoms with Crippen molar-refractivity contribution >= 4 is 33.9 Å². The Morgan fingerprint density at radius 1 is 1.11 bits per heavy atom. The molecule has 0 amide bonds. The average Bonchev–Trinajstić information content (AvgIpc) is 3.12. The van der Waals surface area contributed by atoms with Gasteiger partial charge in [0.1, 0.15) is 17.9 Å². The highest BCUT2D eigenvalue weighted by Gasteiger charge is 2.28. The first-order valence-corrected chi connectivity index (χ1v) is 12.9. The Labute approximate surface area is 212 Å². The minimum absolute atomic E-state index is 0.180. The predicted octanol–water partition coefficient (Wildman–Crippen LogP) is 6.16. The summed E-state index contributed by atoms with van der Waals surface area (Å²) in [7, 11) is 0. The molecule has 7 heteroatoms. The second-order valence-electron chi connectivity index (χ2n) is 9.73. The summed E-state index contributed by atoms with van der Waals surface area (Å²) in [5, 5.41) is 18.2. The summed E-state index contributed by atoms with van der Waals surface area (Å²) < 4.78 is 14.2. The molecule has 2 heterocycles. The van der Waals surface area contributed by atoms with Crippen molar-refractivity contribution in [2.24, 2.45) is 0 Å². The van der Waals surface area contributed by atoms with E-state index in [1.54, 1.807) is 0 Å². The van der Waals surface area contributed by atoms with Crippen molar-refractivity contribution < 1.29 is 9.47 Å². The van der Waals surface area contributed by atoms with E-state index in [-0.39, 0.29) is 12.1 Å². The van der Waals surface area contributed by atoms with Gasteiger partial charge in [0.25, 0.3) is 0 Å². The highest BCUT2D eigenvalue weighted by atomic mass is 32.1.